The highest BCUT2D eigenvalue weighted by Crippen LogP contribution is 2.30. The Kier molecular flexibility index (Phi) is 7.47. The molecule has 0 spiro atoms. The number of nitrogens with zero attached hydrogens (tertiary/aromatic N) is 4. The molecule has 5 rings (SSSR count). The smallest absolute Gasteiger partial charge is 0.250 e. The molecule has 39 heavy (non-hydrogen) atoms. The number of fused-ring (bicyclic) bond motifs is 1. The number of nitrogens with one attached hydrogen (secondary N) is 1. The highest BCUT2D eigenvalue weighted by molar-refractivity contribution is 7.99. The lowest BCUT2D eigenvalue weighted by atomic mass is 9.87. The summed E-state index contributed by atoms with van der Waals surface area (Å²) in [5, 5.41) is 25.7. The van der Waals surface area contributed by atoms with Crippen molar-refractivity contribution in [2.75, 3.05) is 5.75 Å². The number of carbonyl (C=O) groups excluding carboxylic acids is 1. The molecule has 0 saturated carbocycles. The zero-order chi connectivity index (χ0) is 27.4. The van der Waals surface area contributed by atoms with Gasteiger partial charge in [0.2, 0.25) is 0 Å². The third-order valence-electron chi connectivity index (χ3n) is 6.32. The van der Waals surface area contributed by atoms with Crippen molar-refractivity contribution in [2.45, 2.75) is 31.3 Å². The monoisotopic (exact) mass is 535 g/mol. The lowest BCUT2D eigenvalue weighted by molar-refractivity contribution is -0.118. The van der Waals surface area contributed by atoms with E-state index < -0.39 is 0 Å². The van der Waals surface area contributed by atoms with Gasteiger partial charge in [-0.25, -0.2) is 5.43 Å². The summed E-state index contributed by atoms with van der Waals surface area (Å²) in [6.45, 7) is 6.55. The van der Waals surface area contributed by atoms with Gasteiger partial charge in [-0.05, 0) is 39.9 Å². The van der Waals surface area contributed by atoms with Crippen molar-refractivity contribution in [3.63, 3.8) is 0 Å². The molecule has 7 nitrogen and oxygen atoms in total. The minimum Gasteiger partial charge on any atom is -0.507 e. The van der Waals surface area contributed by atoms with E-state index in [4.69, 9.17) is 0 Å². The first-order valence-corrected chi connectivity index (χ1v) is 13.6. The number of carbonyl (C=O) groups is 1. The molecular weight excluding hydrogens is 506 g/mol. The molecule has 2 N–H and O–H groups in total. The standard InChI is InChI=1S/C31H29N5O2S/c1-31(2,3)23-16-13-22(14-17-23)29-34-35-30(36(29)24-10-5-4-6-11-24)39-20-28(38)33-32-19-26-25-12-8-7-9-21(25)15-18-27(26)37/h4-19,37H,20H2,1-3H3,(H,33,38)/b32-19+. The molecule has 8 heteroatoms. The van der Waals surface area contributed by atoms with Gasteiger partial charge in [0.05, 0.1) is 12.0 Å². The van der Waals surface area contributed by atoms with Gasteiger partial charge in [-0.15, -0.1) is 10.2 Å². The Hall–Kier alpha value is -4.43. The maximum absolute atomic E-state index is 12.6. The van der Waals surface area contributed by atoms with Crippen molar-refractivity contribution in [1.29, 1.82) is 0 Å². The molecular formula is C31H29N5O2S. The summed E-state index contributed by atoms with van der Waals surface area (Å²) < 4.78 is 1.96. The number of benzene rings is 4. The van der Waals surface area contributed by atoms with E-state index in [1.807, 2.05) is 65.2 Å². The number of amides is 1. The van der Waals surface area contributed by atoms with Gasteiger partial charge < -0.3 is 5.11 Å². The van der Waals surface area contributed by atoms with Crippen molar-refractivity contribution < 1.29 is 9.90 Å². The molecule has 4 aromatic carbocycles. The fourth-order valence-electron chi connectivity index (χ4n) is 4.23. The predicted octanol–water partition coefficient (Wildman–Crippen LogP) is 6.33. The fourth-order valence-corrected chi connectivity index (χ4v) is 4.97. The van der Waals surface area contributed by atoms with Crippen LogP contribution in [0.2, 0.25) is 0 Å². The van der Waals surface area contributed by atoms with Gasteiger partial charge in [0.25, 0.3) is 5.91 Å². The highest BCUT2D eigenvalue weighted by Gasteiger charge is 2.19. The lowest BCUT2D eigenvalue weighted by Crippen LogP contribution is -2.20. The first-order valence-electron chi connectivity index (χ1n) is 12.6. The maximum atomic E-state index is 12.6. The summed E-state index contributed by atoms with van der Waals surface area (Å²) in [6, 6.07) is 29.3. The van der Waals surface area contributed by atoms with Crippen LogP contribution in [0.4, 0.5) is 0 Å². The van der Waals surface area contributed by atoms with Crippen LogP contribution in [0.15, 0.2) is 101 Å². The van der Waals surface area contributed by atoms with Crippen molar-refractivity contribution >= 4 is 34.7 Å². The summed E-state index contributed by atoms with van der Waals surface area (Å²) in [5.74, 6) is 0.594. The normalized spacial score (nSPS) is 11.8. The molecule has 0 aliphatic rings. The summed E-state index contributed by atoms with van der Waals surface area (Å²) in [4.78, 5) is 12.6. The number of aromatic hydroxyl groups is 1. The largest absolute Gasteiger partial charge is 0.507 e. The topological polar surface area (TPSA) is 92.4 Å². The van der Waals surface area contributed by atoms with E-state index >= 15 is 0 Å². The summed E-state index contributed by atoms with van der Waals surface area (Å²) >= 11 is 1.28. The zero-order valence-electron chi connectivity index (χ0n) is 22.0. The second-order valence-electron chi connectivity index (χ2n) is 10.1. The summed E-state index contributed by atoms with van der Waals surface area (Å²) in [5.41, 5.74) is 6.23. The highest BCUT2D eigenvalue weighted by atomic mass is 32.2. The number of hydrogen-bond acceptors (Lipinski definition) is 6. The Morgan fingerprint density at radius 3 is 2.41 bits per heavy atom. The van der Waals surface area contributed by atoms with E-state index in [2.05, 4.69) is 65.8 Å². The second kappa shape index (κ2) is 11.1. The van der Waals surface area contributed by atoms with Crippen LogP contribution in [-0.2, 0) is 10.2 Å². The van der Waals surface area contributed by atoms with E-state index in [1.165, 1.54) is 23.5 Å². The van der Waals surface area contributed by atoms with Crippen molar-refractivity contribution in [2.24, 2.45) is 5.10 Å². The number of para-hydroxylation sites is 1. The molecule has 1 heterocycles. The third-order valence-corrected chi connectivity index (χ3v) is 7.25. The van der Waals surface area contributed by atoms with Gasteiger partial charge in [-0.1, -0.05) is 105 Å². The van der Waals surface area contributed by atoms with E-state index in [1.54, 1.807) is 6.07 Å². The molecule has 0 atom stereocenters. The first kappa shape index (κ1) is 26.2. The zero-order valence-corrected chi connectivity index (χ0v) is 22.8. The number of phenols is 1. The fraction of sp³-hybridized carbons (Fsp3) is 0.161. The van der Waals surface area contributed by atoms with Crippen LogP contribution >= 0.6 is 11.8 Å². The Morgan fingerprint density at radius 1 is 0.949 bits per heavy atom. The van der Waals surface area contributed by atoms with Gasteiger partial charge in [0.1, 0.15) is 5.75 Å². The number of thioether (sulfide) groups is 1. The van der Waals surface area contributed by atoms with Crippen LogP contribution in [-0.4, -0.2) is 37.7 Å². The Balaban J connectivity index is 1.34. The summed E-state index contributed by atoms with van der Waals surface area (Å²) in [6.07, 6.45) is 1.46. The van der Waals surface area contributed by atoms with Crippen LogP contribution in [0, 0.1) is 0 Å². The third kappa shape index (κ3) is 5.86. The molecule has 196 valence electrons. The molecule has 0 saturated heterocycles. The molecule has 0 radical (unpaired) electrons. The molecule has 0 bridgehead atoms. The second-order valence-corrected chi connectivity index (χ2v) is 11.0. The Bertz CT molecular complexity index is 1640. The minimum atomic E-state index is -0.297. The SMILES string of the molecule is CC(C)(C)c1ccc(-c2nnc(SCC(=O)N/N=C/c3c(O)ccc4ccccc34)n2-c2ccccc2)cc1. The van der Waals surface area contributed by atoms with Crippen LogP contribution in [0.3, 0.4) is 0 Å². The quantitative estimate of drug-likeness (QED) is 0.144. The van der Waals surface area contributed by atoms with Crippen LogP contribution in [0.25, 0.3) is 27.8 Å². The average molecular weight is 536 g/mol. The minimum absolute atomic E-state index is 0.0504. The van der Waals surface area contributed by atoms with Gasteiger partial charge in [0.15, 0.2) is 11.0 Å². The van der Waals surface area contributed by atoms with Crippen LogP contribution in [0.1, 0.15) is 31.9 Å². The summed E-state index contributed by atoms with van der Waals surface area (Å²) in [7, 11) is 0. The van der Waals surface area contributed by atoms with Gasteiger partial charge in [0, 0.05) is 16.8 Å². The predicted molar refractivity (Wildman–Crippen MR) is 158 cm³/mol. The molecule has 0 aliphatic carbocycles. The molecule has 0 fully saturated rings. The van der Waals surface area contributed by atoms with E-state index in [0.29, 0.717) is 16.5 Å². The number of phenolic OH excluding ortho intramolecular Hbond substituents is 1. The first-order chi connectivity index (χ1) is 18.8. The molecule has 1 aromatic heterocycles. The van der Waals surface area contributed by atoms with Gasteiger partial charge in [-0.2, -0.15) is 5.10 Å². The number of hydrogen-bond donors (Lipinski definition) is 2. The van der Waals surface area contributed by atoms with E-state index in [0.717, 1.165) is 22.0 Å². The number of aromatic nitrogens is 3. The maximum Gasteiger partial charge on any atom is 0.250 e. The van der Waals surface area contributed by atoms with E-state index in [9.17, 15) is 9.90 Å². The van der Waals surface area contributed by atoms with Crippen molar-refractivity contribution in [1.82, 2.24) is 20.2 Å². The van der Waals surface area contributed by atoms with Crippen LogP contribution in [0.5, 0.6) is 5.75 Å². The Labute approximate surface area is 231 Å². The molecule has 5 aromatic rings. The molecule has 0 aliphatic heterocycles. The Morgan fingerprint density at radius 2 is 1.67 bits per heavy atom. The molecule has 0 unspecified atom stereocenters. The molecule has 1 amide bonds. The lowest BCUT2D eigenvalue weighted by Gasteiger charge is -2.19. The van der Waals surface area contributed by atoms with Gasteiger partial charge in [-0.3, -0.25) is 9.36 Å². The number of rotatable bonds is 7. The van der Waals surface area contributed by atoms with Crippen molar-refractivity contribution in [3.05, 3.63) is 102 Å². The average Bonchev–Trinajstić information content (AvgIpc) is 3.37. The van der Waals surface area contributed by atoms with Crippen LogP contribution < -0.4 is 5.43 Å². The number of hydrazone groups is 1. The van der Waals surface area contributed by atoms with E-state index in [-0.39, 0.29) is 22.8 Å². The van der Waals surface area contributed by atoms with Gasteiger partial charge >= 0.3 is 0 Å². The van der Waals surface area contributed by atoms with Crippen molar-refractivity contribution in [3.8, 4) is 22.8 Å².